The molecule has 0 saturated heterocycles. The van der Waals surface area contributed by atoms with Gasteiger partial charge in [0.05, 0.1) is 0 Å². The first-order chi connectivity index (χ1) is 14.3. The number of carbonyl (C=O) groups is 2. The van der Waals surface area contributed by atoms with Crippen molar-refractivity contribution in [1.29, 1.82) is 0 Å². The highest BCUT2D eigenvalue weighted by Crippen LogP contribution is 2.16. The maximum atomic E-state index is 13.1. The lowest BCUT2D eigenvalue weighted by Crippen LogP contribution is -2.51. The van der Waals surface area contributed by atoms with Gasteiger partial charge in [0.25, 0.3) is 5.91 Å². The Labute approximate surface area is 193 Å². The van der Waals surface area contributed by atoms with Crippen LogP contribution in [0, 0.1) is 10.5 Å². The third kappa shape index (κ3) is 7.31. The van der Waals surface area contributed by atoms with Crippen molar-refractivity contribution in [2.45, 2.75) is 59.2 Å². The molecule has 0 heterocycles. The summed E-state index contributed by atoms with van der Waals surface area (Å²) < 4.78 is 6.81. The molecule has 2 aromatic rings. The van der Waals surface area contributed by atoms with Gasteiger partial charge in [-0.1, -0.05) is 43.7 Å². The van der Waals surface area contributed by atoms with Gasteiger partial charge >= 0.3 is 0 Å². The highest BCUT2D eigenvalue weighted by atomic mass is 127. The van der Waals surface area contributed by atoms with Crippen LogP contribution < -0.4 is 10.1 Å². The summed E-state index contributed by atoms with van der Waals surface area (Å²) >= 11 is 2.22. The predicted molar refractivity (Wildman–Crippen MR) is 128 cm³/mol. The van der Waals surface area contributed by atoms with Crippen LogP contribution in [0.3, 0.4) is 0 Å². The van der Waals surface area contributed by atoms with Crippen LogP contribution in [0.1, 0.15) is 44.7 Å². The Morgan fingerprint density at radius 1 is 1.03 bits per heavy atom. The average molecular weight is 522 g/mol. The zero-order valence-corrected chi connectivity index (χ0v) is 20.3. The highest BCUT2D eigenvalue weighted by Gasteiger charge is 2.29. The standard InChI is InChI=1S/C24H31IN2O3/c1-5-18(4)26-24(29)22(6-2)27(15-19-9-7-17(3)8-10-19)23(28)16-30-21-13-11-20(25)12-14-21/h7-14,18,22H,5-6,15-16H2,1-4H3,(H,26,29)/t18-,22-/m0/s1. The average Bonchev–Trinajstić information content (AvgIpc) is 2.74. The van der Waals surface area contributed by atoms with E-state index in [2.05, 4.69) is 27.9 Å². The van der Waals surface area contributed by atoms with Gasteiger partial charge in [0.1, 0.15) is 11.8 Å². The molecule has 0 radical (unpaired) electrons. The summed E-state index contributed by atoms with van der Waals surface area (Å²) in [7, 11) is 0. The maximum Gasteiger partial charge on any atom is 0.261 e. The summed E-state index contributed by atoms with van der Waals surface area (Å²) in [5.74, 6) is 0.304. The Morgan fingerprint density at radius 3 is 2.23 bits per heavy atom. The maximum absolute atomic E-state index is 13.1. The molecule has 0 unspecified atom stereocenters. The minimum Gasteiger partial charge on any atom is -0.484 e. The van der Waals surface area contributed by atoms with Crippen molar-refractivity contribution in [2.75, 3.05) is 6.61 Å². The molecule has 0 aliphatic rings. The molecule has 2 amide bonds. The summed E-state index contributed by atoms with van der Waals surface area (Å²) in [5.41, 5.74) is 2.14. The van der Waals surface area contributed by atoms with Gasteiger partial charge in [0.2, 0.25) is 5.91 Å². The number of benzene rings is 2. The lowest BCUT2D eigenvalue weighted by Gasteiger charge is -2.31. The van der Waals surface area contributed by atoms with E-state index in [1.807, 2.05) is 76.2 Å². The molecule has 5 nitrogen and oxygen atoms in total. The Morgan fingerprint density at radius 2 is 1.67 bits per heavy atom. The number of amides is 2. The van der Waals surface area contributed by atoms with E-state index in [0.29, 0.717) is 18.7 Å². The molecule has 2 aromatic carbocycles. The number of ether oxygens (including phenoxy) is 1. The first-order valence-corrected chi connectivity index (χ1v) is 11.5. The third-order valence-corrected chi connectivity index (χ3v) is 5.76. The largest absolute Gasteiger partial charge is 0.484 e. The van der Waals surface area contributed by atoms with Gasteiger partial charge in [-0.15, -0.1) is 0 Å². The second-order valence-corrected chi connectivity index (χ2v) is 8.74. The van der Waals surface area contributed by atoms with E-state index in [-0.39, 0.29) is 24.5 Å². The van der Waals surface area contributed by atoms with Crippen molar-refractivity contribution >= 4 is 34.4 Å². The van der Waals surface area contributed by atoms with Crippen LogP contribution in [0.15, 0.2) is 48.5 Å². The van der Waals surface area contributed by atoms with Gasteiger partial charge in [-0.25, -0.2) is 0 Å². The van der Waals surface area contributed by atoms with Crippen molar-refractivity contribution in [1.82, 2.24) is 10.2 Å². The van der Waals surface area contributed by atoms with Crippen LogP contribution in [0.4, 0.5) is 0 Å². The van der Waals surface area contributed by atoms with Crippen LogP contribution in [0.2, 0.25) is 0 Å². The fraction of sp³-hybridized carbons (Fsp3) is 0.417. The molecular weight excluding hydrogens is 491 g/mol. The molecule has 2 rings (SSSR count). The van der Waals surface area contributed by atoms with E-state index in [4.69, 9.17) is 4.74 Å². The number of aryl methyl sites for hydroxylation is 1. The summed E-state index contributed by atoms with van der Waals surface area (Å²) in [6, 6.07) is 15.1. The van der Waals surface area contributed by atoms with E-state index in [1.54, 1.807) is 4.90 Å². The van der Waals surface area contributed by atoms with Gasteiger partial charge in [-0.3, -0.25) is 9.59 Å². The van der Waals surface area contributed by atoms with Crippen LogP contribution >= 0.6 is 22.6 Å². The number of rotatable bonds is 10. The van der Waals surface area contributed by atoms with Gasteiger partial charge in [0, 0.05) is 16.2 Å². The van der Waals surface area contributed by atoms with Crippen molar-refractivity contribution in [3.05, 3.63) is 63.2 Å². The molecule has 0 aliphatic heterocycles. The third-order valence-electron chi connectivity index (χ3n) is 5.04. The molecule has 30 heavy (non-hydrogen) atoms. The second kappa shape index (κ2) is 11.9. The van der Waals surface area contributed by atoms with E-state index in [0.717, 1.165) is 21.1 Å². The highest BCUT2D eigenvalue weighted by molar-refractivity contribution is 14.1. The molecule has 0 spiro atoms. The molecule has 0 aliphatic carbocycles. The number of carbonyl (C=O) groups excluding carboxylic acids is 2. The van der Waals surface area contributed by atoms with Crippen molar-refractivity contribution in [3.63, 3.8) is 0 Å². The first kappa shape index (κ1) is 24.2. The molecule has 1 N–H and O–H groups in total. The lowest BCUT2D eigenvalue weighted by atomic mass is 10.1. The minimum atomic E-state index is -0.548. The summed E-state index contributed by atoms with van der Waals surface area (Å²) in [6.45, 7) is 8.19. The number of hydrogen-bond donors (Lipinski definition) is 1. The van der Waals surface area contributed by atoms with E-state index < -0.39 is 6.04 Å². The van der Waals surface area contributed by atoms with Crippen LogP contribution in [-0.2, 0) is 16.1 Å². The number of nitrogens with one attached hydrogen (secondary N) is 1. The molecule has 162 valence electrons. The van der Waals surface area contributed by atoms with Crippen LogP contribution in [0.5, 0.6) is 5.75 Å². The Hall–Kier alpha value is -2.09. The normalized spacial score (nSPS) is 12.7. The van der Waals surface area contributed by atoms with Gasteiger partial charge in [-0.05, 0) is 79.1 Å². The monoisotopic (exact) mass is 522 g/mol. The molecule has 0 aromatic heterocycles. The molecule has 0 saturated carbocycles. The zero-order valence-electron chi connectivity index (χ0n) is 18.2. The van der Waals surface area contributed by atoms with E-state index in [1.165, 1.54) is 0 Å². The summed E-state index contributed by atoms with van der Waals surface area (Å²) in [5, 5.41) is 3.02. The summed E-state index contributed by atoms with van der Waals surface area (Å²) in [4.78, 5) is 27.7. The van der Waals surface area contributed by atoms with Crippen LogP contribution in [-0.4, -0.2) is 35.4 Å². The van der Waals surface area contributed by atoms with Crippen molar-refractivity contribution < 1.29 is 14.3 Å². The molecule has 0 bridgehead atoms. The van der Waals surface area contributed by atoms with Crippen molar-refractivity contribution in [3.8, 4) is 5.75 Å². The summed E-state index contributed by atoms with van der Waals surface area (Å²) in [6.07, 6.45) is 1.37. The van der Waals surface area contributed by atoms with Crippen molar-refractivity contribution in [2.24, 2.45) is 0 Å². The Kier molecular flexibility index (Phi) is 9.62. The second-order valence-electron chi connectivity index (χ2n) is 7.49. The van der Waals surface area contributed by atoms with E-state index in [9.17, 15) is 9.59 Å². The van der Waals surface area contributed by atoms with E-state index >= 15 is 0 Å². The van der Waals surface area contributed by atoms with Gasteiger partial charge in [0.15, 0.2) is 6.61 Å². The molecular formula is C24H31IN2O3. The molecule has 2 atom stereocenters. The topological polar surface area (TPSA) is 58.6 Å². The minimum absolute atomic E-state index is 0.0610. The number of nitrogens with zero attached hydrogens (tertiary/aromatic N) is 1. The molecule has 6 heteroatoms. The number of halogens is 1. The number of hydrogen-bond acceptors (Lipinski definition) is 3. The fourth-order valence-corrected chi connectivity index (χ4v) is 3.37. The molecule has 0 fully saturated rings. The first-order valence-electron chi connectivity index (χ1n) is 10.4. The smallest absolute Gasteiger partial charge is 0.261 e. The van der Waals surface area contributed by atoms with Crippen LogP contribution in [0.25, 0.3) is 0 Å². The van der Waals surface area contributed by atoms with Gasteiger partial charge < -0.3 is 15.0 Å². The predicted octanol–water partition coefficient (Wildman–Crippen LogP) is 4.70. The Balaban J connectivity index is 2.19. The fourth-order valence-electron chi connectivity index (χ4n) is 3.01. The Bertz CT molecular complexity index is 821. The quantitative estimate of drug-likeness (QED) is 0.461. The zero-order chi connectivity index (χ0) is 22.1. The van der Waals surface area contributed by atoms with Gasteiger partial charge in [-0.2, -0.15) is 0 Å². The lowest BCUT2D eigenvalue weighted by molar-refractivity contribution is -0.143. The SMILES string of the molecule is CC[C@H](C)NC(=O)[C@H](CC)N(Cc1ccc(C)cc1)C(=O)COc1ccc(I)cc1.